The van der Waals surface area contributed by atoms with E-state index < -0.39 is 6.09 Å². The van der Waals surface area contributed by atoms with Gasteiger partial charge in [-0.2, -0.15) is 0 Å². The molecular weight excluding hydrogens is 332 g/mol. The van der Waals surface area contributed by atoms with E-state index in [9.17, 15) is 4.79 Å². The Labute approximate surface area is 132 Å². The molecule has 0 aromatic heterocycles. The van der Waals surface area contributed by atoms with Crippen LogP contribution >= 0.6 is 15.9 Å². The highest BCUT2D eigenvalue weighted by atomic mass is 79.9. The molecule has 0 spiro atoms. The van der Waals surface area contributed by atoms with Crippen LogP contribution in [0.1, 0.15) is 12.5 Å². The zero-order valence-corrected chi connectivity index (χ0v) is 13.3. The predicted molar refractivity (Wildman–Crippen MR) is 88.6 cm³/mol. The van der Waals surface area contributed by atoms with E-state index in [1.54, 1.807) is 6.92 Å². The van der Waals surface area contributed by atoms with Crippen LogP contribution in [0.25, 0.3) is 0 Å². The number of hydrogen-bond donors (Lipinski definition) is 2. The van der Waals surface area contributed by atoms with Crippen molar-refractivity contribution in [1.29, 1.82) is 0 Å². The fraction of sp³-hybridized carbons (Fsp3) is 0.188. The van der Waals surface area contributed by atoms with E-state index >= 15 is 0 Å². The van der Waals surface area contributed by atoms with Crippen LogP contribution < -0.4 is 10.6 Å². The fourth-order valence-corrected chi connectivity index (χ4v) is 2.03. The van der Waals surface area contributed by atoms with Crippen LogP contribution in [-0.4, -0.2) is 12.7 Å². The molecule has 0 aliphatic rings. The summed E-state index contributed by atoms with van der Waals surface area (Å²) in [5.74, 6) is 0. The van der Waals surface area contributed by atoms with Gasteiger partial charge in [0.25, 0.3) is 0 Å². The fourth-order valence-electron chi connectivity index (χ4n) is 1.76. The minimum atomic E-state index is -0.437. The number of anilines is 2. The van der Waals surface area contributed by atoms with Gasteiger partial charge in [0, 0.05) is 22.4 Å². The zero-order valence-electron chi connectivity index (χ0n) is 11.7. The van der Waals surface area contributed by atoms with E-state index in [2.05, 4.69) is 38.7 Å². The Balaban J connectivity index is 1.87. The monoisotopic (exact) mass is 348 g/mol. The SMILES string of the molecule is CCOC(=O)Nc1ccc(NCc2ccc(Br)cc2)cc1. The van der Waals surface area contributed by atoms with Crippen molar-refractivity contribution in [2.45, 2.75) is 13.5 Å². The number of hydrogen-bond acceptors (Lipinski definition) is 3. The molecule has 0 aliphatic carbocycles. The van der Waals surface area contributed by atoms with Crippen LogP contribution in [0.3, 0.4) is 0 Å². The first-order chi connectivity index (χ1) is 10.2. The molecule has 2 rings (SSSR count). The van der Waals surface area contributed by atoms with Crippen molar-refractivity contribution >= 4 is 33.4 Å². The summed E-state index contributed by atoms with van der Waals surface area (Å²) in [6.45, 7) is 2.88. The van der Waals surface area contributed by atoms with E-state index in [-0.39, 0.29) is 0 Å². The number of nitrogens with one attached hydrogen (secondary N) is 2. The lowest BCUT2D eigenvalue weighted by Gasteiger charge is -2.09. The number of carbonyl (C=O) groups is 1. The maximum atomic E-state index is 11.3. The highest BCUT2D eigenvalue weighted by Gasteiger charge is 2.01. The van der Waals surface area contributed by atoms with Gasteiger partial charge >= 0.3 is 6.09 Å². The van der Waals surface area contributed by atoms with Crippen LogP contribution in [-0.2, 0) is 11.3 Å². The van der Waals surface area contributed by atoms with Gasteiger partial charge in [0.15, 0.2) is 0 Å². The predicted octanol–water partition coefficient (Wildman–Crippen LogP) is 4.63. The van der Waals surface area contributed by atoms with Gasteiger partial charge in [0.1, 0.15) is 0 Å². The Bertz CT molecular complexity index is 582. The van der Waals surface area contributed by atoms with E-state index in [1.807, 2.05) is 36.4 Å². The van der Waals surface area contributed by atoms with Crippen LogP contribution in [0.5, 0.6) is 0 Å². The molecule has 0 radical (unpaired) electrons. The summed E-state index contributed by atoms with van der Waals surface area (Å²) in [5, 5.41) is 5.98. The highest BCUT2D eigenvalue weighted by Crippen LogP contribution is 2.16. The van der Waals surface area contributed by atoms with Crippen molar-refractivity contribution in [3.05, 3.63) is 58.6 Å². The molecule has 0 saturated heterocycles. The summed E-state index contributed by atoms with van der Waals surface area (Å²) in [4.78, 5) is 11.3. The van der Waals surface area contributed by atoms with Crippen molar-refractivity contribution in [1.82, 2.24) is 0 Å². The number of carbonyl (C=O) groups excluding carboxylic acids is 1. The van der Waals surface area contributed by atoms with E-state index in [1.165, 1.54) is 5.56 Å². The van der Waals surface area contributed by atoms with Crippen molar-refractivity contribution < 1.29 is 9.53 Å². The first-order valence-electron chi connectivity index (χ1n) is 6.69. The minimum absolute atomic E-state index is 0.360. The summed E-state index contributed by atoms with van der Waals surface area (Å²) >= 11 is 3.41. The molecule has 0 fully saturated rings. The second-order valence-electron chi connectivity index (χ2n) is 4.40. The van der Waals surface area contributed by atoms with E-state index in [0.717, 1.165) is 16.7 Å². The molecule has 21 heavy (non-hydrogen) atoms. The molecule has 5 heteroatoms. The second kappa shape index (κ2) is 7.69. The molecule has 0 bridgehead atoms. The third-order valence-electron chi connectivity index (χ3n) is 2.82. The molecule has 0 atom stereocenters. The average molecular weight is 349 g/mol. The molecule has 2 N–H and O–H groups in total. The Hall–Kier alpha value is -2.01. The molecule has 4 nitrogen and oxygen atoms in total. The Morgan fingerprint density at radius 2 is 1.67 bits per heavy atom. The number of halogens is 1. The summed E-state index contributed by atoms with van der Waals surface area (Å²) in [5.41, 5.74) is 2.90. The number of rotatable bonds is 5. The lowest BCUT2D eigenvalue weighted by Crippen LogP contribution is -2.13. The molecule has 0 unspecified atom stereocenters. The molecule has 2 aromatic carbocycles. The van der Waals surface area contributed by atoms with Crippen molar-refractivity contribution in [3.63, 3.8) is 0 Å². The number of amides is 1. The molecular formula is C16H17BrN2O2. The lowest BCUT2D eigenvalue weighted by atomic mass is 10.2. The van der Waals surface area contributed by atoms with E-state index in [0.29, 0.717) is 12.3 Å². The van der Waals surface area contributed by atoms with Crippen LogP contribution in [0.4, 0.5) is 16.2 Å². The van der Waals surface area contributed by atoms with Gasteiger partial charge in [-0.3, -0.25) is 5.32 Å². The van der Waals surface area contributed by atoms with Gasteiger partial charge < -0.3 is 10.1 Å². The quantitative estimate of drug-likeness (QED) is 0.828. The van der Waals surface area contributed by atoms with Gasteiger partial charge in [-0.1, -0.05) is 28.1 Å². The standard InChI is InChI=1S/C16H17BrN2O2/c1-2-21-16(20)19-15-9-7-14(8-10-15)18-11-12-3-5-13(17)6-4-12/h3-10,18H,2,11H2,1H3,(H,19,20). The summed E-state index contributed by atoms with van der Waals surface area (Å²) in [6, 6.07) is 15.7. The van der Waals surface area contributed by atoms with Crippen LogP contribution in [0.15, 0.2) is 53.0 Å². The summed E-state index contributed by atoms with van der Waals surface area (Å²) in [6.07, 6.45) is -0.437. The van der Waals surface area contributed by atoms with Gasteiger partial charge in [0.05, 0.1) is 6.61 Å². The maximum Gasteiger partial charge on any atom is 0.411 e. The summed E-state index contributed by atoms with van der Waals surface area (Å²) < 4.78 is 5.89. The Morgan fingerprint density at radius 1 is 1.05 bits per heavy atom. The van der Waals surface area contributed by atoms with Crippen LogP contribution in [0.2, 0.25) is 0 Å². The molecule has 0 aliphatic heterocycles. The van der Waals surface area contributed by atoms with Crippen LogP contribution in [0, 0.1) is 0 Å². The smallest absolute Gasteiger partial charge is 0.411 e. The third kappa shape index (κ3) is 5.11. The largest absolute Gasteiger partial charge is 0.450 e. The molecule has 0 saturated carbocycles. The second-order valence-corrected chi connectivity index (χ2v) is 5.32. The maximum absolute atomic E-state index is 11.3. The van der Waals surface area contributed by atoms with Gasteiger partial charge in [-0.15, -0.1) is 0 Å². The first kappa shape index (κ1) is 15.4. The lowest BCUT2D eigenvalue weighted by molar-refractivity contribution is 0.168. The van der Waals surface area contributed by atoms with Crippen molar-refractivity contribution in [3.8, 4) is 0 Å². The molecule has 110 valence electrons. The normalized spacial score (nSPS) is 10.0. The number of ether oxygens (including phenoxy) is 1. The zero-order chi connectivity index (χ0) is 15.1. The third-order valence-corrected chi connectivity index (χ3v) is 3.35. The van der Waals surface area contributed by atoms with Crippen molar-refractivity contribution in [2.24, 2.45) is 0 Å². The number of benzene rings is 2. The molecule has 0 heterocycles. The van der Waals surface area contributed by atoms with Crippen molar-refractivity contribution in [2.75, 3.05) is 17.2 Å². The topological polar surface area (TPSA) is 50.4 Å². The first-order valence-corrected chi connectivity index (χ1v) is 7.49. The molecule has 1 amide bonds. The average Bonchev–Trinajstić information content (AvgIpc) is 2.48. The van der Waals surface area contributed by atoms with Gasteiger partial charge in [0.2, 0.25) is 0 Å². The molecule has 2 aromatic rings. The van der Waals surface area contributed by atoms with Gasteiger partial charge in [-0.25, -0.2) is 4.79 Å². The van der Waals surface area contributed by atoms with E-state index in [4.69, 9.17) is 4.74 Å². The Morgan fingerprint density at radius 3 is 2.29 bits per heavy atom. The summed E-state index contributed by atoms with van der Waals surface area (Å²) in [7, 11) is 0. The Kier molecular flexibility index (Phi) is 5.63. The highest BCUT2D eigenvalue weighted by molar-refractivity contribution is 9.10. The minimum Gasteiger partial charge on any atom is -0.450 e. The van der Waals surface area contributed by atoms with Gasteiger partial charge in [-0.05, 0) is 48.9 Å².